The van der Waals surface area contributed by atoms with E-state index >= 15 is 0 Å². The smallest absolute Gasteiger partial charge is 0.253 e. The van der Waals surface area contributed by atoms with E-state index in [9.17, 15) is 9.59 Å². The van der Waals surface area contributed by atoms with Crippen LogP contribution in [-0.2, 0) is 4.79 Å². The summed E-state index contributed by atoms with van der Waals surface area (Å²) < 4.78 is 0. The van der Waals surface area contributed by atoms with Gasteiger partial charge in [0, 0.05) is 36.9 Å². The fourth-order valence-corrected chi connectivity index (χ4v) is 3.66. The lowest BCUT2D eigenvalue weighted by molar-refractivity contribution is -0.116. The van der Waals surface area contributed by atoms with E-state index in [1.807, 2.05) is 32.0 Å². The van der Waals surface area contributed by atoms with Crippen molar-refractivity contribution in [2.45, 2.75) is 84.6 Å². The van der Waals surface area contributed by atoms with Crippen molar-refractivity contribution in [3.63, 3.8) is 0 Å². The number of hydrogen-bond acceptors (Lipinski definition) is 3. The van der Waals surface area contributed by atoms with Crippen molar-refractivity contribution in [3.8, 4) is 0 Å². The number of carbonyl (C=O) groups is 2. The van der Waals surface area contributed by atoms with E-state index in [-0.39, 0.29) is 17.9 Å². The number of nitrogens with zero attached hydrogens (tertiary/aromatic N) is 1. The third-order valence-electron chi connectivity index (χ3n) is 5.15. The van der Waals surface area contributed by atoms with Crippen LogP contribution < -0.4 is 15.5 Å². The Balaban J connectivity index is 1.98. The number of rotatable bonds is 11. The topological polar surface area (TPSA) is 61.4 Å². The molecular weight excluding hydrogens is 350 g/mol. The van der Waals surface area contributed by atoms with Gasteiger partial charge in [0.2, 0.25) is 5.91 Å². The summed E-state index contributed by atoms with van der Waals surface area (Å²) in [6.45, 7) is 8.08. The molecule has 0 radical (unpaired) electrons. The number of carbonyl (C=O) groups excluding carboxylic acids is 2. The van der Waals surface area contributed by atoms with Crippen molar-refractivity contribution in [3.05, 3.63) is 23.8 Å². The van der Waals surface area contributed by atoms with Gasteiger partial charge in [-0.05, 0) is 51.3 Å². The lowest BCUT2D eigenvalue weighted by atomic mass is 10.1. The molecule has 1 aromatic rings. The average molecular weight is 388 g/mol. The monoisotopic (exact) mass is 387 g/mol. The van der Waals surface area contributed by atoms with Gasteiger partial charge in [0.25, 0.3) is 5.91 Å². The minimum Gasteiger partial charge on any atom is -0.371 e. The molecule has 5 heteroatoms. The molecule has 1 heterocycles. The first kappa shape index (κ1) is 22.3. The molecule has 0 saturated carbocycles. The Morgan fingerprint density at radius 2 is 1.71 bits per heavy atom. The average Bonchev–Trinajstić information content (AvgIpc) is 3.18. The zero-order chi connectivity index (χ0) is 20.4. The number of benzene rings is 1. The van der Waals surface area contributed by atoms with Crippen molar-refractivity contribution < 1.29 is 9.59 Å². The Morgan fingerprint density at radius 3 is 2.39 bits per heavy atom. The molecule has 1 aliphatic rings. The Kier molecular flexibility index (Phi) is 9.32. The van der Waals surface area contributed by atoms with Crippen LogP contribution in [0.4, 0.5) is 11.4 Å². The van der Waals surface area contributed by atoms with Crippen molar-refractivity contribution in [2.75, 3.05) is 23.3 Å². The summed E-state index contributed by atoms with van der Waals surface area (Å²) in [5, 5.41) is 5.96. The molecule has 1 saturated heterocycles. The van der Waals surface area contributed by atoms with Crippen LogP contribution in [0.3, 0.4) is 0 Å². The molecule has 2 amide bonds. The third kappa shape index (κ3) is 7.17. The van der Waals surface area contributed by atoms with E-state index in [0.717, 1.165) is 44.5 Å². The second-order valence-electron chi connectivity index (χ2n) is 8.12. The number of hydrogen-bond donors (Lipinski definition) is 2. The molecule has 1 aromatic carbocycles. The van der Waals surface area contributed by atoms with E-state index in [0.29, 0.717) is 17.7 Å². The van der Waals surface area contributed by atoms with Crippen LogP contribution in [-0.4, -0.2) is 30.9 Å². The second kappa shape index (κ2) is 11.7. The van der Waals surface area contributed by atoms with Crippen LogP contribution >= 0.6 is 0 Å². The summed E-state index contributed by atoms with van der Waals surface area (Å²) >= 11 is 0. The molecule has 1 fully saturated rings. The van der Waals surface area contributed by atoms with Crippen LogP contribution in [0.25, 0.3) is 0 Å². The predicted molar refractivity (Wildman–Crippen MR) is 117 cm³/mol. The van der Waals surface area contributed by atoms with Gasteiger partial charge in [-0.2, -0.15) is 0 Å². The van der Waals surface area contributed by atoms with Gasteiger partial charge in [0.15, 0.2) is 0 Å². The van der Waals surface area contributed by atoms with Gasteiger partial charge in [-0.25, -0.2) is 0 Å². The fourth-order valence-electron chi connectivity index (χ4n) is 3.66. The second-order valence-corrected chi connectivity index (χ2v) is 8.12. The highest BCUT2D eigenvalue weighted by Crippen LogP contribution is 2.28. The summed E-state index contributed by atoms with van der Waals surface area (Å²) in [6.07, 6.45) is 9.83. The van der Waals surface area contributed by atoms with Crippen LogP contribution in [0.1, 0.15) is 88.9 Å². The lowest BCUT2D eigenvalue weighted by Gasteiger charge is -2.22. The van der Waals surface area contributed by atoms with E-state index < -0.39 is 0 Å². The first-order chi connectivity index (χ1) is 13.5. The molecule has 156 valence electrons. The third-order valence-corrected chi connectivity index (χ3v) is 5.15. The van der Waals surface area contributed by atoms with Crippen molar-refractivity contribution >= 4 is 23.2 Å². The van der Waals surface area contributed by atoms with Gasteiger partial charge < -0.3 is 15.5 Å². The van der Waals surface area contributed by atoms with Gasteiger partial charge >= 0.3 is 0 Å². The van der Waals surface area contributed by atoms with E-state index in [1.165, 1.54) is 25.7 Å². The van der Waals surface area contributed by atoms with Gasteiger partial charge in [0.05, 0.1) is 5.56 Å². The Bertz CT molecular complexity index is 637. The number of nitrogens with one attached hydrogen (secondary N) is 2. The molecule has 1 aliphatic heterocycles. The van der Waals surface area contributed by atoms with Gasteiger partial charge in [-0.1, -0.05) is 39.0 Å². The summed E-state index contributed by atoms with van der Waals surface area (Å²) in [4.78, 5) is 27.3. The molecule has 0 aromatic heterocycles. The largest absolute Gasteiger partial charge is 0.371 e. The predicted octanol–water partition coefficient (Wildman–Crippen LogP) is 5.11. The van der Waals surface area contributed by atoms with Crippen LogP contribution in [0.15, 0.2) is 18.2 Å². The molecule has 0 unspecified atom stereocenters. The zero-order valence-corrected chi connectivity index (χ0v) is 17.9. The van der Waals surface area contributed by atoms with Crippen molar-refractivity contribution in [1.29, 1.82) is 0 Å². The maximum Gasteiger partial charge on any atom is 0.253 e. The van der Waals surface area contributed by atoms with Crippen LogP contribution in [0.5, 0.6) is 0 Å². The minimum atomic E-state index is -0.0797. The first-order valence-electron chi connectivity index (χ1n) is 11.0. The zero-order valence-electron chi connectivity index (χ0n) is 17.9. The fraction of sp³-hybridized carbons (Fsp3) is 0.652. The molecule has 5 nitrogen and oxygen atoms in total. The number of amides is 2. The minimum absolute atomic E-state index is 0.0274. The normalized spacial score (nSPS) is 13.8. The standard InChI is InChI=1S/C23H37N3O2/c1-4-5-6-7-8-9-12-22(27)25-19-13-14-21(26-15-10-11-16-26)20(17-19)23(28)24-18(2)3/h13-14,17-18H,4-12,15-16H2,1-3H3,(H,24,28)(H,25,27). The highest BCUT2D eigenvalue weighted by Gasteiger charge is 2.20. The van der Waals surface area contributed by atoms with Gasteiger partial charge in [-0.3, -0.25) is 9.59 Å². The maximum atomic E-state index is 12.7. The van der Waals surface area contributed by atoms with Crippen LogP contribution in [0, 0.1) is 0 Å². The lowest BCUT2D eigenvalue weighted by Crippen LogP contribution is -2.32. The molecule has 2 rings (SSSR count). The maximum absolute atomic E-state index is 12.7. The summed E-state index contributed by atoms with van der Waals surface area (Å²) in [5.74, 6) is -0.0523. The highest BCUT2D eigenvalue weighted by molar-refractivity contribution is 6.02. The van der Waals surface area contributed by atoms with E-state index in [2.05, 4.69) is 22.5 Å². The number of unbranched alkanes of at least 4 members (excludes halogenated alkanes) is 5. The van der Waals surface area contributed by atoms with Gasteiger partial charge in [-0.15, -0.1) is 0 Å². The summed E-state index contributed by atoms with van der Waals surface area (Å²) in [6, 6.07) is 5.79. The van der Waals surface area contributed by atoms with E-state index in [4.69, 9.17) is 0 Å². The Morgan fingerprint density at radius 1 is 1.04 bits per heavy atom. The summed E-state index contributed by atoms with van der Waals surface area (Å²) in [5.41, 5.74) is 2.31. The Labute approximate surface area is 170 Å². The molecule has 28 heavy (non-hydrogen) atoms. The van der Waals surface area contributed by atoms with Crippen molar-refractivity contribution in [2.24, 2.45) is 0 Å². The van der Waals surface area contributed by atoms with E-state index in [1.54, 1.807) is 0 Å². The molecule has 0 spiro atoms. The molecule has 2 N–H and O–H groups in total. The van der Waals surface area contributed by atoms with Gasteiger partial charge in [0.1, 0.15) is 0 Å². The highest BCUT2D eigenvalue weighted by atomic mass is 16.2. The van der Waals surface area contributed by atoms with Crippen molar-refractivity contribution in [1.82, 2.24) is 5.32 Å². The summed E-state index contributed by atoms with van der Waals surface area (Å²) in [7, 11) is 0. The molecule has 0 bridgehead atoms. The molecular formula is C23H37N3O2. The molecule has 0 aliphatic carbocycles. The molecule has 0 atom stereocenters. The first-order valence-corrected chi connectivity index (χ1v) is 11.0. The number of anilines is 2. The SMILES string of the molecule is CCCCCCCCC(=O)Nc1ccc(N2CCCC2)c(C(=O)NC(C)C)c1. The Hall–Kier alpha value is -2.04. The van der Waals surface area contributed by atoms with Crippen LogP contribution in [0.2, 0.25) is 0 Å². The quantitative estimate of drug-likeness (QED) is 0.518.